The standard InChI is InChI=1S/C15H18O3S/c1-3-16-15(17-4-2)13-10-11-14(18-13)19-12-8-6-5-7-9-12/h5-11,15H,3-4H2,1-2H3. The summed E-state index contributed by atoms with van der Waals surface area (Å²) in [6.07, 6.45) is -0.417. The lowest BCUT2D eigenvalue weighted by molar-refractivity contribution is -0.151. The van der Waals surface area contributed by atoms with Crippen LogP contribution in [-0.2, 0) is 9.47 Å². The summed E-state index contributed by atoms with van der Waals surface area (Å²) in [4.78, 5) is 1.15. The minimum atomic E-state index is -0.417. The summed E-state index contributed by atoms with van der Waals surface area (Å²) in [5.74, 6) is 0.710. The summed E-state index contributed by atoms with van der Waals surface area (Å²) in [7, 11) is 0. The Morgan fingerprint density at radius 2 is 1.68 bits per heavy atom. The molecule has 0 unspecified atom stereocenters. The molecule has 0 amide bonds. The van der Waals surface area contributed by atoms with Crippen LogP contribution in [0.4, 0.5) is 0 Å². The molecule has 1 aromatic carbocycles. The largest absolute Gasteiger partial charge is 0.449 e. The van der Waals surface area contributed by atoms with Crippen molar-refractivity contribution in [3.05, 3.63) is 48.2 Å². The second kappa shape index (κ2) is 7.38. The van der Waals surface area contributed by atoms with Gasteiger partial charge in [-0.1, -0.05) is 30.0 Å². The predicted molar refractivity (Wildman–Crippen MR) is 75.3 cm³/mol. The maximum Gasteiger partial charge on any atom is 0.217 e. The van der Waals surface area contributed by atoms with Crippen LogP contribution < -0.4 is 0 Å². The quantitative estimate of drug-likeness (QED) is 0.698. The second-order valence-corrected chi connectivity index (χ2v) is 4.89. The van der Waals surface area contributed by atoms with Gasteiger partial charge in [-0.3, -0.25) is 0 Å². The Labute approximate surface area is 117 Å². The molecule has 0 saturated heterocycles. The maximum atomic E-state index is 5.77. The van der Waals surface area contributed by atoms with Crippen LogP contribution in [0.25, 0.3) is 0 Å². The summed E-state index contributed by atoms with van der Waals surface area (Å²) in [5, 5.41) is 0.839. The molecule has 4 heteroatoms. The summed E-state index contributed by atoms with van der Waals surface area (Å²) >= 11 is 1.58. The molecule has 102 valence electrons. The molecule has 0 N–H and O–H groups in total. The van der Waals surface area contributed by atoms with Crippen molar-refractivity contribution in [2.24, 2.45) is 0 Å². The Morgan fingerprint density at radius 1 is 1.00 bits per heavy atom. The van der Waals surface area contributed by atoms with Crippen LogP contribution in [0.2, 0.25) is 0 Å². The highest BCUT2D eigenvalue weighted by Gasteiger charge is 2.16. The second-order valence-electron chi connectivity index (χ2n) is 3.81. The van der Waals surface area contributed by atoms with E-state index in [9.17, 15) is 0 Å². The molecule has 1 heterocycles. The molecule has 0 aliphatic carbocycles. The van der Waals surface area contributed by atoms with E-state index in [0.29, 0.717) is 19.0 Å². The van der Waals surface area contributed by atoms with Gasteiger partial charge in [-0.2, -0.15) is 0 Å². The van der Waals surface area contributed by atoms with Crippen LogP contribution >= 0.6 is 11.8 Å². The number of benzene rings is 1. The van der Waals surface area contributed by atoms with Crippen molar-refractivity contribution in [3.63, 3.8) is 0 Å². The minimum absolute atomic E-state index is 0.417. The highest BCUT2D eigenvalue weighted by molar-refractivity contribution is 7.99. The molecule has 0 radical (unpaired) electrons. The van der Waals surface area contributed by atoms with Crippen LogP contribution in [0.5, 0.6) is 0 Å². The first kappa shape index (κ1) is 14.2. The lowest BCUT2D eigenvalue weighted by Gasteiger charge is -2.13. The number of ether oxygens (including phenoxy) is 2. The van der Waals surface area contributed by atoms with Crippen molar-refractivity contribution in [1.29, 1.82) is 0 Å². The van der Waals surface area contributed by atoms with Gasteiger partial charge in [0.25, 0.3) is 0 Å². The van der Waals surface area contributed by atoms with Crippen molar-refractivity contribution < 1.29 is 13.9 Å². The molecule has 0 aliphatic rings. The Bertz CT molecular complexity index is 475. The molecular weight excluding hydrogens is 260 g/mol. The molecule has 0 spiro atoms. The summed E-state index contributed by atoms with van der Waals surface area (Å²) in [6.45, 7) is 5.06. The van der Waals surface area contributed by atoms with Crippen LogP contribution in [0.1, 0.15) is 25.9 Å². The van der Waals surface area contributed by atoms with Gasteiger partial charge >= 0.3 is 0 Å². The number of hydrogen-bond donors (Lipinski definition) is 0. The first-order valence-electron chi connectivity index (χ1n) is 6.39. The highest BCUT2D eigenvalue weighted by Crippen LogP contribution is 2.31. The van der Waals surface area contributed by atoms with Gasteiger partial charge in [0.05, 0.1) is 0 Å². The van der Waals surface area contributed by atoms with Crippen molar-refractivity contribution in [1.82, 2.24) is 0 Å². The smallest absolute Gasteiger partial charge is 0.217 e. The van der Waals surface area contributed by atoms with E-state index in [-0.39, 0.29) is 0 Å². The van der Waals surface area contributed by atoms with Gasteiger partial charge < -0.3 is 13.9 Å². The van der Waals surface area contributed by atoms with Crippen molar-refractivity contribution in [3.8, 4) is 0 Å². The molecule has 0 saturated carbocycles. The van der Waals surface area contributed by atoms with E-state index >= 15 is 0 Å². The molecule has 19 heavy (non-hydrogen) atoms. The van der Waals surface area contributed by atoms with E-state index in [4.69, 9.17) is 13.9 Å². The Morgan fingerprint density at radius 3 is 2.32 bits per heavy atom. The zero-order valence-corrected chi connectivity index (χ0v) is 12.0. The number of furan rings is 1. The van der Waals surface area contributed by atoms with Crippen molar-refractivity contribution in [2.45, 2.75) is 30.1 Å². The fourth-order valence-electron chi connectivity index (χ4n) is 1.64. The molecule has 0 bridgehead atoms. The van der Waals surface area contributed by atoms with Gasteiger partial charge in [-0.05, 0) is 38.1 Å². The average Bonchev–Trinajstić information content (AvgIpc) is 2.88. The van der Waals surface area contributed by atoms with E-state index in [1.165, 1.54) is 0 Å². The number of rotatable bonds is 7. The van der Waals surface area contributed by atoms with Crippen molar-refractivity contribution in [2.75, 3.05) is 13.2 Å². The van der Waals surface area contributed by atoms with Crippen molar-refractivity contribution >= 4 is 11.8 Å². The number of hydrogen-bond acceptors (Lipinski definition) is 4. The van der Waals surface area contributed by atoms with Gasteiger partial charge in [0.1, 0.15) is 0 Å². The SMILES string of the molecule is CCOC(OCC)c1ccc(Sc2ccccc2)o1. The first-order valence-corrected chi connectivity index (χ1v) is 7.21. The van der Waals surface area contributed by atoms with Crippen LogP contribution in [0.3, 0.4) is 0 Å². The van der Waals surface area contributed by atoms with Gasteiger partial charge in [0, 0.05) is 18.1 Å². The zero-order chi connectivity index (χ0) is 13.5. The zero-order valence-electron chi connectivity index (χ0n) is 11.2. The van der Waals surface area contributed by atoms with Crippen LogP contribution in [0, 0.1) is 0 Å². The molecule has 2 aromatic rings. The Balaban J connectivity index is 2.05. The molecule has 0 fully saturated rings. The summed E-state index contributed by atoms with van der Waals surface area (Å²) in [5.41, 5.74) is 0. The van der Waals surface area contributed by atoms with Gasteiger partial charge in [-0.15, -0.1) is 0 Å². The lowest BCUT2D eigenvalue weighted by Crippen LogP contribution is -2.07. The first-order chi connectivity index (χ1) is 9.33. The van der Waals surface area contributed by atoms with E-state index < -0.39 is 6.29 Å². The fraction of sp³-hybridized carbons (Fsp3) is 0.333. The monoisotopic (exact) mass is 278 g/mol. The normalized spacial score (nSPS) is 11.1. The lowest BCUT2D eigenvalue weighted by atomic mass is 10.4. The van der Waals surface area contributed by atoms with Crippen LogP contribution in [-0.4, -0.2) is 13.2 Å². The fourth-order valence-corrected chi connectivity index (χ4v) is 2.44. The average molecular weight is 278 g/mol. The maximum absolute atomic E-state index is 5.77. The third kappa shape index (κ3) is 4.13. The van der Waals surface area contributed by atoms with E-state index in [1.807, 2.05) is 44.2 Å². The van der Waals surface area contributed by atoms with Gasteiger partial charge in [0.15, 0.2) is 10.9 Å². The minimum Gasteiger partial charge on any atom is -0.449 e. The topological polar surface area (TPSA) is 31.6 Å². The molecule has 3 nitrogen and oxygen atoms in total. The van der Waals surface area contributed by atoms with Gasteiger partial charge in [0.2, 0.25) is 6.29 Å². The molecule has 0 atom stereocenters. The summed E-state index contributed by atoms with van der Waals surface area (Å²) < 4.78 is 16.8. The molecule has 0 aliphatic heterocycles. The van der Waals surface area contributed by atoms with Gasteiger partial charge in [-0.25, -0.2) is 0 Å². The Kier molecular flexibility index (Phi) is 5.51. The van der Waals surface area contributed by atoms with E-state index in [2.05, 4.69) is 12.1 Å². The van der Waals surface area contributed by atoms with E-state index in [1.54, 1.807) is 11.8 Å². The van der Waals surface area contributed by atoms with Crippen LogP contribution in [0.15, 0.2) is 56.9 Å². The third-order valence-corrected chi connectivity index (χ3v) is 3.36. The third-order valence-electron chi connectivity index (χ3n) is 2.43. The summed E-state index contributed by atoms with van der Waals surface area (Å²) in [6, 6.07) is 14.0. The Hall–Kier alpha value is -1.23. The highest BCUT2D eigenvalue weighted by atomic mass is 32.2. The molecule has 2 rings (SSSR count). The van der Waals surface area contributed by atoms with E-state index in [0.717, 1.165) is 9.99 Å². The molecule has 1 aromatic heterocycles. The molecular formula is C15H18O3S. The predicted octanol–water partition coefficient (Wildman–Crippen LogP) is 4.50.